The maximum absolute atomic E-state index is 6.35. The molecule has 1 aliphatic rings. The molecule has 0 spiro atoms. The van der Waals surface area contributed by atoms with Gasteiger partial charge in [-0.05, 0) is 36.8 Å². The molecule has 0 unspecified atom stereocenters. The van der Waals surface area contributed by atoms with E-state index in [2.05, 4.69) is 35.5 Å². The molecular formula is C21H34ClN3O2. The normalized spacial score (nSPS) is 16.4. The second-order valence-electron chi connectivity index (χ2n) is 7.70. The molecule has 0 aromatic heterocycles. The Morgan fingerprint density at radius 3 is 2.70 bits per heavy atom. The summed E-state index contributed by atoms with van der Waals surface area (Å²) in [6.45, 7) is 9.31. The number of hydrogen-bond donors (Lipinski definition) is 2. The molecule has 1 aromatic rings. The van der Waals surface area contributed by atoms with E-state index in [1.54, 1.807) is 7.05 Å². The molecule has 1 aliphatic heterocycles. The lowest BCUT2D eigenvalue weighted by atomic mass is 9.84. The van der Waals surface area contributed by atoms with Gasteiger partial charge in [0.15, 0.2) is 5.96 Å². The first-order valence-corrected chi connectivity index (χ1v) is 10.3. The Bertz CT molecular complexity index is 587. The van der Waals surface area contributed by atoms with Crippen LogP contribution in [0.3, 0.4) is 0 Å². The monoisotopic (exact) mass is 395 g/mol. The number of aliphatic imine (C=N–C) groups is 1. The molecule has 0 bridgehead atoms. The van der Waals surface area contributed by atoms with E-state index in [1.807, 2.05) is 18.2 Å². The first-order valence-electron chi connectivity index (χ1n) is 9.88. The predicted octanol–water partition coefficient (Wildman–Crippen LogP) is 3.62. The van der Waals surface area contributed by atoms with Crippen molar-refractivity contribution in [3.8, 4) is 0 Å². The van der Waals surface area contributed by atoms with Gasteiger partial charge in [-0.2, -0.15) is 0 Å². The third-order valence-electron chi connectivity index (χ3n) is 4.98. The van der Waals surface area contributed by atoms with Gasteiger partial charge in [-0.3, -0.25) is 4.99 Å². The van der Waals surface area contributed by atoms with E-state index >= 15 is 0 Å². The fourth-order valence-electron chi connectivity index (χ4n) is 3.17. The second-order valence-corrected chi connectivity index (χ2v) is 8.11. The fourth-order valence-corrected chi connectivity index (χ4v) is 3.57. The van der Waals surface area contributed by atoms with Crippen molar-refractivity contribution in [1.29, 1.82) is 0 Å². The lowest BCUT2D eigenvalue weighted by molar-refractivity contribution is 0.0203. The highest BCUT2D eigenvalue weighted by molar-refractivity contribution is 6.31. The second kappa shape index (κ2) is 11.5. The van der Waals surface area contributed by atoms with Gasteiger partial charge in [0, 0.05) is 57.0 Å². The van der Waals surface area contributed by atoms with Gasteiger partial charge in [0.1, 0.15) is 0 Å². The Kier molecular flexibility index (Phi) is 9.39. The van der Waals surface area contributed by atoms with E-state index in [0.29, 0.717) is 5.92 Å². The van der Waals surface area contributed by atoms with Gasteiger partial charge in [-0.1, -0.05) is 43.6 Å². The number of nitrogens with one attached hydrogen (secondary N) is 2. The lowest BCUT2D eigenvalue weighted by Gasteiger charge is -2.27. The summed E-state index contributed by atoms with van der Waals surface area (Å²) in [6, 6.07) is 8.00. The van der Waals surface area contributed by atoms with Gasteiger partial charge in [-0.15, -0.1) is 0 Å². The van der Waals surface area contributed by atoms with Crippen molar-refractivity contribution >= 4 is 17.6 Å². The summed E-state index contributed by atoms with van der Waals surface area (Å²) in [5.74, 6) is 1.47. The van der Waals surface area contributed by atoms with Gasteiger partial charge in [-0.25, -0.2) is 0 Å². The number of ether oxygens (including phenoxy) is 2. The minimum Gasteiger partial charge on any atom is -0.381 e. The highest BCUT2D eigenvalue weighted by Crippen LogP contribution is 2.28. The van der Waals surface area contributed by atoms with Crippen molar-refractivity contribution < 1.29 is 9.47 Å². The van der Waals surface area contributed by atoms with Gasteiger partial charge in [0.25, 0.3) is 0 Å². The van der Waals surface area contributed by atoms with Crippen LogP contribution >= 0.6 is 11.6 Å². The molecule has 1 fully saturated rings. The highest BCUT2D eigenvalue weighted by atomic mass is 35.5. The molecular weight excluding hydrogens is 362 g/mol. The first kappa shape index (κ1) is 22.0. The molecule has 1 aromatic carbocycles. The molecule has 27 heavy (non-hydrogen) atoms. The van der Waals surface area contributed by atoms with E-state index in [9.17, 15) is 0 Å². The molecule has 2 rings (SSSR count). The third kappa shape index (κ3) is 7.68. The van der Waals surface area contributed by atoms with E-state index < -0.39 is 0 Å². The van der Waals surface area contributed by atoms with Gasteiger partial charge in [0.05, 0.1) is 0 Å². The largest absolute Gasteiger partial charge is 0.381 e. The number of nitrogens with zero attached hydrogens (tertiary/aromatic N) is 1. The molecule has 0 amide bonds. The van der Waals surface area contributed by atoms with Crippen LogP contribution in [-0.2, 0) is 14.9 Å². The van der Waals surface area contributed by atoms with Crippen LogP contribution in [0.4, 0.5) is 0 Å². The lowest BCUT2D eigenvalue weighted by Crippen LogP contribution is -2.44. The maximum atomic E-state index is 6.35. The molecule has 1 saturated heterocycles. The Morgan fingerprint density at radius 1 is 1.26 bits per heavy atom. The van der Waals surface area contributed by atoms with Crippen LogP contribution in [0.2, 0.25) is 5.02 Å². The zero-order valence-corrected chi connectivity index (χ0v) is 17.6. The van der Waals surface area contributed by atoms with Crippen molar-refractivity contribution in [3.63, 3.8) is 0 Å². The maximum Gasteiger partial charge on any atom is 0.191 e. The van der Waals surface area contributed by atoms with Gasteiger partial charge < -0.3 is 20.1 Å². The third-order valence-corrected chi connectivity index (χ3v) is 5.31. The first-order chi connectivity index (χ1) is 13.0. The van der Waals surface area contributed by atoms with E-state index in [-0.39, 0.29) is 5.41 Å². The Hall–Kier alpha value is -1.30. The molecule has 0 radical (unpaired) electrons. The summed E-state index contributed by atoms with van der Waals surface area (Å²) in [5, 5.41) is 7.56. The number of rotatable bonds is 9. The minimum atomic E-state index is -0.0945. The number of guanidine groups is 1. The Morgan fingerprint density at radius 2 is 2.00 bits per heavy atom. The Balaban J connectivity index is 1.63. The van der Waals surface area contributed by atoms with Crippen LogP contribution in [0.25, 0.3) is 0 Å². The van der Waals surface area contributed by atoms with Crippen molar-refractivity contribution in [3.05, 3.63) is 34.9 Å². The van der Waals surface area contributed by atoms with E-state index in [0.717, 1.165) is 75.3 Å². The molecule has 2 N–H and O–H groups in total. The topological polar surface area (TPSA) is 54.9 Å². The van der Waals surface area contributed by atoms with Crippen LogP contribution < -0.4 is 10.6 Å². The number of hydrogen-bond acceptors (Lipinski definition) is 3. The summed E-state index contributed by atoms with van der Waals surface area (Å²) in [7, 11) is 1.79. The molecule has 1 heterocycles. The summed E-state index contributed by atoms with van der Waals surface area (Å²) in [4.78, 5) is 4.31. The van der Waals surface area contributed by atoms with Crippen molar-refractivity contribution in [2.24, 2.45) is 10.9 Å². The van der Waals surface area contributed by atoms with Crippen LogP contribution in [0.1, 0.15) is 38.7 Å². The van der Waals surface area contributed by atoms with Crippen LogP contribution in [0, 0.1) is 5.92 Å². The SMILES string of the molecule is CN=C(NCCCOCC1CCOCC1)NCC(C)(C)c1ccccc1Cl. The molecule has 0 aliphatic carbocycles. The van der Waals surface area contributed by atoms with Crippen LogP contribution in [0.15, 0.2) is 29.3 Å². The Labute approximate surface area is 168 Å². The zero-order chi connectivity index (χ0) is 19.5. The fraction of sp³-hybridized carbons (Fsp3) is 0.667. The summed E-state index contributed by atoms with van der Waals surface area (Å²) in [5.41, 5.74) is 1.04. The molecule has 5 nitrogen and oxygen atoms in total. The minimum absolute atomic E-state index is 0.0945. The quantitative estimate of drug-likeness (QED) is 0.381. The molecule has 152 valence electrons. The average molecular weight is 396 g/mol. The smallest absolute Gasteiger partial charge is 0.191 e. The number of benzene rings is 1. The highest BCUT2D eigenvalue weighted by Gasteiger charge is 2.23. The van der Waals surface area contributed by atoms with Crippen molar-refractivity contribution in [2.45, 2.75) is 38.5 Å². The van der Waals surface area contributed by atoms with Crippen molar-refractivity contribution in [2.75, 3.05) is 46.6 Å². The van der Waals surface area contributed by atoms with E-state index in [1.165, 1.54) is 0 Å². The summed E-state index contributed by atoms with van der Waals surface area (Å²) in [6.07, 6.45) is 3.20. The van der Waals surface area contributed by atoms with Crippen molar-refractivity contribution in [1.82, 2.24) is 10.6 Å². The standard InChI is InChI=1S/C21H34ClN3O2/c1-21(2,18-7-4-5-8-19(18)22)16-25-20(23-3)24-11-6-12-27-15-17-9-13-26-14-10-17/h4-5,7-8,17H,6,9-16H2,1-3H3,(H2,23,24,25). The molecule has 6 heteroatoms. The van der Waals surface area contributed by atoms with Gasteiger partial charge >= 0.3 is 0 Å². The average Bonchev–Trinajstić information content (AvgIpc) is 2.68. The van der Waals surface area contributed by atoms with Crippen LogP contribution in [-0.4, -0.2) is 52.5 Å². The van der Waals surface area contributed by atoms with Crippen LogP contribution in [0.5, 0.6) is 0 Å². The predicted molar refractivity (Wildman–Crippen MR) is 113 cm³/mol. The zero-order valence-electron chi connectivity index (χ0n) is 16.9. The molecule has 0 saturated carbocycles. The van der Waals surface area contributed by atoms with E-state index in [4.69, 9.17) is 21.1 Å². The summed E-state index contributed by atoms with van der Waals surface area (Å²) >= 11 is 6.35. The number of halogens is 1. The molecule has 0 atom stereocenters. The summed E-state index contributed by atoms with van der Waals surface area (Å²) < 4.78 is 11.2. The van der Waals surface area contributed by atoms with Gasteiger partial charge in [0.2, 0.25) is 0 Å².